The molecule has 1 saturated heterocycles. The molecule has 0 radical (unpaired) electrons. The van der Waals surface area contributed by atoms with Crippen molar-refractivity contribution in [3.05, 3.63) is 35.5 Å². The second-order valence-electron chi connectivity index (χ2n) is 7.35. The minimum absolute atomic E-state index is 0.0653. The van der Waals surface area contributed by atoms with E-state index in [0.29, 0.717) is 12.5 Å². The summed E-state index contributed by atoms with van der Waals surface area (Å²) < 4.78 is 1.89. The van der Waals surface area contributed by atoms with Crippen molar-refractivity contribution in [2.45, 2.75) is 26.7 Å². The molecule has 1 aromatic carbocycles. The first-order valence-corrected chi connectivity index (χ1v) is 9.26. The van der Waals surface area contributed by atoms with Gasteiger partial charge in [0.15, 0.2) is 0 Å². The molecule has 0 spiro atoms. The van der Waals surface area contributed by atoms with E-state index in [4.69, 9.17) is 5.73 Å². The van der Waals surface area contributed by atoms with E-state index in [1.54, 1.807) is 6.20 Å². The number of nitrogens with one attached hydrogen (secondary N) is 1. The Morgan fingerprint density at radius 3 is 2.78 bits per heavy atom. The molecule has 0 unspecified atom stereocenters. The molecule has 0 saturated carbocycles. The molecule has 1 aliphatic heterocycles. The van der Waals surface area contributed by atoms with Gasteiger partial charge in [0.05, 0.1) is 24.4 Å². The van der Waals surface area contributed by atoms with Gasteiger partial charge < -0.3 is 10.3 Å². The van der Waals surface area contributed by atoms with Crippen LogP contribution in [-0.4, -0.2) is 45.9 Å². The first kappa shape index (κ1) is 19.1. The molecule has 144 valence electrons. The topological polar surface area (TPSA) is 93.2 Å². The normalized spacial score (nSPS) is 17.7. The summed E-state index contributed by atoms with van der Waals surface area (Å²) in [7, 11) is 1.90. The van der Waals surface area contributed by atoms with E-state index < -0.39 is 0 Å². The number of aromatic nitrogens is 2. The second-order valence-corrected chi connectivity index (χ2v) is 7.35. The maximum absolute atomic E-state index is 12.7. The number of benzene rings is 1. The van der Waals surface area contributed by atoms with Gasteiger partial charge in [-0.05, 0) is 50.4 Å². The van der Waals surface area contributed by atoms with Crippen molar-refractivity contribution in [2.75, 3.05) is 25.0 Å². The van der Waals surface area contributed by atoms with Gasteiger partial charge in [0.1, 0.15) is 0 Å². The summed E-state index contributed by atoms with van der Waals surface area (Å²) in [5, 5.41) is 2.94. The summed E-state index contributed by atoms with van der Waals surface area (Å²) in [5.74, 6) is -0.0668. The summed E-state index contributed by atoms with van der Waals surface area (Å²) >= 11 is 0. The Morgan fingerprint density at radius 2 is 2.07 bits per heavy atom. The number of amides is 2. The van der Waals surface area contributed by atoms with E-state index in [1.165, 1.54) is 11.1 Å². The third-order valence-electron chi connectivity index (χ3n) is 5.28. The number of piperidine rings is 1. The predicted molar refractivity (Wildman–Crippen MR) is 105 cm³/mol. The maximum atomic E-state index is 12.7. The third-order valence-corrected chi connectivity index (χ3v) is 5.28. The van der Waals surface area contributed by atoms with Crippen LogP contribution in [0.3, 0.4) is 0 Å². The molecular weight excluding hydrogens is 342 g/mol. The number of likely N-dealkylation sites (tertiary alicyclic amines) is 1. The number of carbonyl (C=O) groups excluding carboxylic acids is 2. The second kappa shape index (κ2) is 7.92. The van der Waals surface area contributed by atoms with Crippen molar-refractivity contribution in [1.82, 2.24) is 14.5 Å². The lowest BCUT2D eigenvalue weighted by Gasteiger charge is -2.30. The van der Waals surface area contributed by atoms with Crippen LogP contribution in [0.4, 0.5) is 5.95 Å². The molecule has 3 N–H and O–H groups in total. The number of rotatable bonds is 5. The molecule has 7 heteroatoms. The molecule has 3 rings (SSSR count). The number of nitrogens with two attached hydrogens (primary N) is 1. The Bertz CT molecular complexity index is 858. The lowest BCUT2D eigenvalue weighted by molar-refractivity contribution is -0.124. The zero-order valence-electron chi connectivity index (χ0n) is 16.2. The van der Waals surface area contributed by atoms with Crippen molar-refractivity contribution < 1.29 is 9.59 Å². The number of hydrogen-bond acceptors (Lipinski definition) is 4. The summed E-state index contributed by atoms with van der Waals surface area (Å²) in [6, 6.07) is 6.28. The molecular formula is C20H27N5O2. The number of imidazole rings is 1. The summed E-state index contributed by atoms with van der Waals surface area (Å²) in [5.41, 5.74) is 9.75. The van der Waals surface area contributed by atoms with Crippen molar-refractivity contribution in [1.29, 1.82) is 0 Å². The van der Waals surface area contributed by atoms with Crippen LogP contribution in [0.25, 0.3) is 11.3 Å². The van der Waals surface area contributed by atoms with Crippen LogP contribution >= 0.6 is 0 Å². The largest absolute Gasteiger partial charge is 0.369 e. The first-order valence-electron chi connectivity index (χ1n) is 9.26. The number of primary amides is 1. The van der Waals surface area contributed by atoms with Gasteiger partial charge in [0.25, 0.3) is 0 Å². The van der Waals surface area contributed by atoms with Crippen molar-refractivity contribution in [2.24, 2.45) is 18.7 Å². The predicted octanol–water partition coefficient (Wildman–Crippen LogP) is 1.84. The monoisotopic (exact) mass is 369 g/mol. The quantitative estimate of drug-likeness (QED) is 0.841. The lowest BCUT2D eigenvalue weighted by Crippen LogP contribution is -2.44. The molecule has 0 bridgehead atoms. The Balaban J connectivity index is 1.71. The smallest absolute Gasteiger partial charge is 0.231 e. The molecule has 1 atom stereocenters. The van der Waals surface area contributed by atoms with E-state index in [2.05, 4.69) is 42.3 Å². The van der Waals surface area contributed by atoms with Gasteiger partial charge in [-0.3, -0.25) is 19.8 Å². The van der Waals surface area contributed by atoms with Crippen LogP contribution in [0.5, 0.6) is 0 Å². The van der Waals surface area contributed by atoms with E-state index >= 15 is 0 Å². The highest BCUT2D eigenvalue weighted by atomic mass is 16.2. The Kier molecular flexibility index (Phi) is 5.60. The fraction of sp³-hybridized carbons (Fsp3) is 0.450. The third kappa shape index (κ3) is 4.36. The van der Waals surface area contributed by atoms with Crippen molar-refractivity contribution in [3.63, 3.8) is 0 Å². The number of hydrogen-bond donors (Lipinski definition) is 2. The Labute approximate surface area is 159 Å². The van der Waals surface area contributed by atoms with Crippen molar-refractivity contribution in [3.8, 4) is 11.3 Å². The standard InChI is InChI=1S/C20H27N5O2/c1-13-6-7-15(9-14(13)2)17-10-22-20(24(17)3)23-19(27)16-5-4-8-25(11-16)12-18(21)26/h6-7,9-10,16H,4-5,8,11-12H2,1-3H3,(H2,21,26)(H,22,23,27)/t16-/m1/s1. The van der Waals surface area contributed by atoms with Crippen LogP contribution in [0.2, 0.25) is 0 Å². The maximum Gasteiger partial charge on any atom is 0.231 e. The SMILES string of the molecule is Cc1ccc(-c2cnc(NC(=O)[C@@H]3CCCN(CC(N)=O)C3)n2C)cc1C. The van der Waals surface area contributed by atoms with Gasteiger partial charge >= 0.3 is 0 Å². The molecule has 2 heterocycles. The van der Waals surface area contributed by atoms with Gasteiger partial charge in [0, 0.05) is 19.2 Å². The van der Waals surface area contributed by atoms with Crippen LogP contribution in [0, 0.1) is 19.8 Å². The summed E-state index contributed by atoms with van der Waals surface area (Å²) in [4.78, 5) is 30.1. The lowest BCUT2D eigenvalue weighted by atomic mass is 9.97. The molecule has 27 heavy (non-hydrogen) atoms. The van der Waals surface area contributed by atoms with E-state index in [9.17, 15) is 9.59 Å². The molecule has 2 amide bonds. The Hall–Kier alpha value is -2.67. The fourth-order valence-electron chi connectivity index (χ4n) is 3.54. The molecule has 1 aromatic heterocycles. The highest BCUT2D eigenvalue weighted by Crippen LogP contribution is 2.25. The highest BCUT2D eigenvalue weighted by molar-refractivity contribution is 5.91. The number of aryl methyl sites for hydroxylation is 2. The minimum Gasteiger partial charge on any atom is -0.369 e. The first-order chi connectivity index (χ1) is 12.8. The zero-order chi connectivity index (χ0) is 19.6. The summed E-state index contributed by atoms with van der Waals surface area (Å²) in [6.07, 6.45) is 3.45. The van der Waals surface area contributed by atoms with Crippen LogP contribution in [0.15, 0.2) is 24.4 Å². The zero-order valence-corrected chi connectivity index (χ0v) is 16.2. The number of carbonyl (C=O) groups is 2. The highest BCUT2D eigenvalue weighted by Gasteiger charge is 2.27. The van der Waals surface area contributed by atoms with Crippen molar-refractivity contribution >= 4 is 17.8 Å². The van der Waals surface area contributed by atoms with Gasteiger partial charge in [0.2, 0.25) is 17.8 Å². The van der Waals surface area contributed by atoms with Crippen LogP contribution < -0.4 is 11.1 Å². The molecule has 7 nitrogen and oxygen atoms in total. The fourth-order valence-corrected chi connectivity index (χ4v) is 3.54. The van der Waals surface area contributed by atoms with Gasteiger partial charge in [-0.25, -0.2) is 4.98 Å². The average Bonchev–Trinajstić information content (AvgIpc) is 2.97. The van der Waals surface area contributed by atoms with Gasteiger partial charge in [-0.15, -0.1) is 0 Å². The molecule has 1 fully saturated rings. The number of nitrogens with zero attached hydrogens (tertiary/aromatic N) is 3. The van der Waals surface area contributed by atoms with E-state index in [-0.39, 0.29) is 24.3 Å². The van der Waals surface area contributed by atoms with E-state index in [1.807, 2.05) is 16.5 Å². The molecule has 1 aliphatic rings. The van der Waals surface area contributed by atoms with Crippen LogP contribution in [0.1, 0.15) is 24.0 Å². The summed E-state index contributed by atoms with van der Waals surface area (Å²) in [6.45, 7) is 5.71. The van der Waals surface area contributed by atoms with Gasteiger partial charge in [-0.1, -0.05) is 12.1 Å². The Morgan fingerprint density at radius 1 is 1.30 bits per heavy atom. The van der Waals surface area contributed by atoms with E-state index in [0.717, 1.165) is 30.6 Å². The molecule has 0 aliphatic carbocycles. The minimum atomic E-state index is -0.363. The molecule has 2 aromatic rings. The van der Waals surface area contributed by atoms with Crippen LogP contribution in [-0.2, 0) is 16.6 Å². The van der Waals surface area contributed by atoms with Gasteiger partial charge in [-0.2, -0.15) is 0 Å². The number of anilines is 1. The average molecular weight is 369 g/mol.